The maximum Gasteiger partial charge on any atom is 0.362 e. The molecule has 47 heavy (non-hydrogen) atoms. The van der Waals surface area contributed by atoms with Crippen LogP contribution >= 0.6 is 0 Å². The number of unbranched alkanes of at least 4 members (excludes halogenated alkanes) is 5. The summed E-state index contributed by atoms with van der Waals surface area (Å²) in [4.78, 5) is 0. The van der Waals surface area contributed by atoms with Gasteiger partial charge in [-0.25, -0.2) is 0 Å². The van der Waals surface area contributed by atoms with Gasteiger partial charge in [-0.05, 0) is 30.7 Å². The molecular weight excluding hydrogens is 682 g/mol. The summed E-state index contributed by atoms with van der Waals surface area (Å²) in [5, 5.41) is 0. The van der Waals surface area contributed by atoms with E-state index in [0.29, 0.717) is 0 Å². The summed E-state index contributed by atoms with van der Waals surface area (Å²) in [6.45, 7) is 3.11. The van der Waals surface area contributed by atoms with Crippen LogP contribution in [0.2, 0.25) is 0 Å². The van der Waals surface area contributed by atoms with Gasteiger partial charge in [0.2, 0.25) is 3.57 Å². The number of halogens is 1. The van der Waals surface area contributed by atoms with Crippen molar-refractivity contribution in [3.8, 4) is 5.75 Å². The molecule has 6 aromatic carbocycles. The van der Waals surface area contributed by atoms with Crippen LogP contribution in [0.1, 0.15) is 45.4 Å². The largest absolute Gasteiger partial charge is 0.489 e. The van der Waals surface area contributed by atoms with Gasteiger partial charge in [0, 0.05) is 0 Å². The minimum absolute atomic E-state index is 0.152. The Labute approximate surface area is 293 Å². The molecule has 0 fully saturated rings. The average molecular weight is 729 g/mol. The van der Waals surface area contributed by atoms with E-state index in [0.717, 1.165) is 12.4 Å². The molecule has 0 unspecified atom stereocenters. The second-order valence-electron chi connectivity index (χ2n) is 11.9. The van der Waals surface area contributed by atoms with Gasteiger partial charge in [0.05, 0.1) is 6.61 Å². The lowest BCUT2D eigenvalue weighted by molar-refractivity contribution is -0.598. The van der Waals surface area contributed by atoms with Gasteiger partial charge in [0.1, 0.15) is 6.15 Å². The molecule has 0 aliphatic carbocycles. The first kappa shape index (κ1) is 34.3. The SMILES string of the molecule is CCCCCCCCOc1ccccc1[I+]c1ccccc1.c1ccc([B-](c2ccccc2)(c2ccccc2)c2ccccc2)cc1. The van der Waals surface area contributed by atoms with Gasteiger partial charge in [-0.3, -0.25) is 0 Å². The Morgan fingerprint density at radius 1 is 0.426 bits per heavy atom. The molecule has 0 heterocycles. The lowest BCUT2D eigenvalue weighted by Gasteiger charge is -2.44. The molecule has 238 valence electrons. The molecule has 0 saturated heterocycles. The molecule has 0 saturated carbocycles. The van der Waals surface area contributed by atoms with Crippen LogP contribution in [0, 0.1) is 7.14 Å². The second-order valence-corrected chi connectivity index (χ2v) is 14.9. The molecule has 3 heteroatoms. The summed E-state index contributed by atoms with van der Waals surface area (Å²) >= 11 is -0.152. The van der Waals surface area contributed by atoms with Crippen molar-refractivity contribution in [3.05, 3.63) is 183 Å². The zero-order valence-corrected chi connectivity index (χ0v) is 29.7. The Morgan fingerprint density at radius 3 is 1.28 bits per heavy atom. The van der Waals surface area contributed by atoms with E-state index in [1.807, 2.05) is 0 Å². The molecule has 0 bridgehead atoms. The maximum absolute atomic E-state index is 6.04. The van der Waals surface area contributed by atoms with Gasteiger partial charge in [0.15, 0.2) is 9.32 Å². The van der Waals surface area contributed by atoms with Crippen molar-refractivity contribution in [1.29, 1.82) is 0 Å². The fourth-order valence-electron chi connectivity index (χ4n) is 6.42. The molecule has 0 aliphatic rings. The molecule has 0 amide bonds. The normalized spacial score (nSPS) is 10.9. The first-order valence-electron chi connectivity index (χ1n) is 17.1. The highest BCUT2D eigenvalue weighted by Crippen LogP contribution is 2.12. The molecule has 0 radical (unpaired) electrons. The minimum atomic E-state index is -1.22. The smallest absolute Gasteiger partial charge is 0.362 e. The van der Waals surface area contributed by atoms with E-state index in [1.54, 1.807) is 0 Å². The number of benzene rings is 6. The monoisotopic (exact) mass is 728 g/mol. The van der Waals surface area contributed by atoms with Crippen LogP contribution in [0.3, 0.4) is 0 Å². The van der Waals surface area contributed by atoms with E-state index in [-0.39, 0.29) is 21.2 Å². The number of hydrogen-bond donors (Lipinski definition) is 0. The first-order valence-corrected chi connectivity index (χ1v) is 19.3. The van der Waals surface area contributed by atoms with Gasteiger partial charge in [0.25, 0.3) is 0 Å². The highest BCUT2D eigenvalue weighted by Gasteiger charge is 2.31. The Hall–Kier alpha value is -4.09. The minimum Gasteiger partial charge on any atom is -0.489 e. The van der Waals surface area contributed by atoms with Crippen molar-refractivity contribution in [3.63, 3.8) is 0 Å². The Kier molecular flexibility index (Phi) is 13.8. The lowest BCUT2D eigenvalue weighted by Crippen LogP contribution is -3.61. The third kappa shape index (κ3) is 9.48. The van der Waals surface area contributed by atoms with Gasteiger partial charge in [-0.2, -0.15) is 21.9 Å². The van der Waals surface area contributed by atoms with E-state index in [9.17, 15) is 0 Å². The molecule has 6 rings (SSSR count). The molecule has 0 spiro atoms. The molecule has 0 aromatic heterocycles. The van der Waals surface area contributed by atoms with Crippen LogP contribution in [0.15, 0.2) is 176 Å². The van der Waals surface area contributed by atoms with Crippen molar-refractivity contribution in [1.82, 2.24) is 0 Å². The van der Waals surface area contributed by atoms with Crippen molar-refractivity contribution in [2.24, 2.45) is 0 Å². The Balaban J connectivity index is 0.000000186. The van der Waals surface area contributed by atoms with Crippen molar-refractivity contribution in [2.75, 3.05) is 6.61 Å². The van der Waals surface area contributed by atoms with E-state index in [2.05, 4.69) is 183 Å². The molecule has 0 N–H and O–H groups in total. The third-order valence-electron chi connectivity index (χ3n) is 8.73. The first-order chi connectivity index (χ1) is 23.3. The quantitative estimate of drug-likeness (QED) is 0.0805. The third-order valence-corrected chi connectivity index (χ3v) is 11.5. The van der Waals surface area contributed by atoms with Crippen molar-refractivity contribution < 1.29 is 25.9 Å². The topological polar surface area (TPSA) is 9.23 Å². The Bertz CT molecular complexity index is 1530. The molecular formula is C44H46BIO. The number of hydrogen-bond acceptors (Lipinski definition) is 1. The summed E-state index contributed by atoms with van der Waals surface area (Å²) < 4.78 is 8.87. The summed E-state index contributed by atoms with van der Waals surface area (Å²) in [5.74, 6) is 1.09. The van der Waals surface area contributed by atoms with Gasteiger partial charge in [-0.1, -0.05) is 191 Å². The van der Waals surface area contributed by atoms with E-state index in [1.165, 1.54) is 67.5 Å². The van der Waals surface area contributed by atoms with Crippen LogP contribution in [0.5, 0.6) is 5.75 Å². The van der Waals surface area contributed by atoms with Gasteiger partial charge >= 0.3 is 21.2 Å². The number of rotatable bonds is 14. The Morgan fingerprint density at radius 2 is 0.809 bits per heavy atom. The lowest BCUT2D eigenvalue weighted by atomic mass is 9.13. The summed E-state index contributed by atoms with van der Waals surface area (Å²) in [5.41, 5.74) is 5.36. The number of ether oxygens (including phenoxy) is 1. The number of para-hydroxylation sites is 1. The maximum atomic E-state index is 6.04. The van der Waals surface area contributed by atoms with Gasteiger partial charge < -0.3 is 4.74 Å². The van der Waals surface area contributed by atoms with Crippen LogP contribution < -0.4 is 47.8 Å². The van der Waals surface area contributed by atoms with Crippen molar-refractivity contribution >= 4 is 28.0 Å². The summed E-state index contributed by atoms with van der Waals surface area (Å²) in [6.07, 6.45) is 6.63. The molecule has 6 aromatic rings. The second kappa shape index (κ2) is 18.9. The van der Waals surface area contributed by atoms with E-state index < -0.39 is 6.15 Å². The predicted octanol–water partition coefficient (Wildman–Crippen LogP) is 5.62. The fraction of sp³-hybridized carbons (Fsp3) is 0.182. The van der Waals surface area contributed by atoms with Crippen LogP contribution in [0.25, 0.3) is 0 Å². The van der Waals surface area contributed by atoms with Crippen LogP contribution in [0.4, 0.5) is 0 Å². The fourth-order valence-corrected chi connectivity index (χ4v) is 8.86. The van der Waals surface area contributed by atoms with E-state index >= 15 is 0 Å². The van der Waals surface area contributed by atoms with E-state index in [4.69, 9.17) is 4.74 Å². The van der Waals surface area contributed by atoms with Crippen LogP contribution in [-0.2, 0) is 0 Å². The summed E-state index contributed by atoms with van der Waals surface area (Å²) in [7, 11) is 0. The zero-order valence-electron chi connectivity index (χ0n) is 27.6. The van der Waals surface area contributed by atoms with Crippen LogP contribution in [-0.4, -0.2) is 12.8 Å². The standard InChI is InChI=1S/C24H20B.C20H26IO/c1-5-13-21(14-6-1)25(22-15-7-2-8-16-22,23-17-9-3-10-18-23)24-19-11-4-12-20-24;1-2-3-4-5-6-12-17-22-20-16-11-10-15-19(20)21-18-13-8-7-9-14-18/h1-20H;7-11,13-16H,2-6,12,17H2,1H3/q-1;+1. The molecule has 1 nitrogen and oxygen atoms in total. The predicted molar refractivity (Wildman–Crippen MR) is 199 cm³/mol. The molecule has 0 aliphatic heterocycles. The highest BCUT2D eigenvalue weighted by atomic mass is 127. The zero-order chi connectivity index (χ0) is 32.4. The average Bonchev–Trinajstić information content (AvgIpc) is 3.15. The van der Waals surface area contributed by atoms with Crippen molar-refractivity contribution in [2.45, 2.75) is 45.4 Å². The highest BCUT2D eigenvalue weighted by molar-refractivity contribution is 7.19. The van der Waals surface area contributed by atoms with Gasteiger partial charge in [-0.15, -0.1) is 0 Å². The molecule has 0 atom stereocenters. The summed E-state index contributed by atoms with van der Waals surface area (Å²) in [6, 6.07) is 62.8.